The molecule has 5 heteroatoms. The van der Waals surface area contributed by atoms with Crippen LogP contribution in [-0.4, -0.2) is 27.0 Å². The van der Waals surface area contributed by atoms with Crippen LogP contribution >= 0.6 is 0 Å². The van der Waals surface area contributed by atoms with E-state index in [0.717, 1.165) is 36.9 Å². The maximum atomic E-state index is 12.8. The molecule has 1 aliphatic carbocycles. The van der Waals surface area contributed by atoms with E-state index in [2.05, 4.69) is 12.1 Å². The van der Waals surface area contributed by atoms with E-state index < -0.39 is 11.6 Å². The molecule has 1 saturated carbocycles. The molecule has 166 valence electrons. The molecule has 0 spiro atoms. The minimum absolute atomic E-state index is 0.0462. The van der Waals surface area contributed by atoms with Crippen LogP contribution in [0, 0.1) is 6.92 Å². The number of carbonyl (C=O) groups is 2. The summed E-state index contributed by atoms with van der Waals surface area (Å²) in [5, 5.41) is 9.36. The highest BCUT2D eigenvalue weighted by molar-refractivity contribution is 6.08. The molecule has 0 atom stereocenters. The third kappa shape index (κ3) is 4.83. The fourth-order valence-corrected chi connectivity index (χ4v) is 4.06. The predicted molar refractivity (Wildman–Crippen MR) is 123 cm³/mol. The van der Waals surface area contributed by atoms with Gasteiger partial charge in [0, 0.05) is 18.3 Å². The maximum Gasteiger partial charge on any atom is 0.335 e. The van der Waals surface area contributed by atoms with Crippen molar-refractivity contribution in [1.82, 2.24) is 4.57 Å². The summed E-state index contributed by atoms with van der Waals surface area (Å²) in [4.78, 5) is 24.2. The van der Waals surface area contributed by atoms with Gasteiger partial charge < -0.3 is 14.4 Å². The number of carboxylic acid groups (broad SMARTS) is 1. The first-order valence-electron chi connectivity index (χ1n) is 11.2. The topological polar surface area (TPSA) is 68.5 Å². The summed E-state index contributed by atoms with van der Waals surface area (Å²) in [5.41, 5.74) is 3.77. The van der Waals surface area contributed by atoms with Gasteiger partial charge in [0.15, 0.2) is 5.60 Å². The van der Waals surface area contributed by atoms with Gasteiger partial charge in [-0.1, -0.05) is 54.1 Å². The minimum Gasteiger partial charge on any atom is -0.479 e. The molecule has 5 nitrogen and oxygen atoms in total. The largest absolute Gasteiger partial charge is 0.479 e. The Balaban J connectivity index is 1.29. The molecule has 4 rings (SSSR count). The molecular weight excluding hydrogens is 402 g/mol. The van der Waals surface area contributed by atoms with Crippen LogP contribution in [0.15, 0.2) is 66.9 Å². The van der Waals surface area contributed by atoms with E-state index in [1.807, 2.05) is 66.2 Å². The predicted octanol–water partition coefficient (Wildman–Crippen LogP) is 5.18. The van der Waals surface area contributed by atoms with E-state index in [4.69, 9.17) is 4.74 Å². The van der Waals surface area contributed by atoms with Gasteiger partial charge in [-0.15, -0.1) is 0 Å². The first-order valence-corrected chi connectivity index (χ1v) is 11.2. The van der Waals surface area contributed by atoms with E-state index in [0.29, 0.717) is 30.7 Å². The molecule has 1 N–H and O–H groups in total. The zero-order chi connectivity index (χ0) is 22.6. The summed E-state index contributed by atoms with van der Waals surface area (Å²) in [5.74, 6) is -0.810. The lowest BCUT2D eigenvalue weighted by atomic mass is 9.80. The Labute approximate surface area is 188 Å². The van der Waals surface area contributed by atoms with Gasteiger partial charge in [-0.2, -0.15) is 0 Å². The zero-order valence-electron chi connectivity index (χ0n) is 18.4. The van der Waals surface area contributed by atoms with Gasteiger partial charge in [-0.25, -0.2) is 4.79 Å². The van der Waals surface area contributed by atoms with Crippen LogP contribution in [-0.2, 0) is 29.1 Å². The molecule has 0 saturated heterocycles. The van der Waals surface area contributed by atoms with Gasteiger partial charge in [-0.05, 0) is 62.3 Å². The Morgan fingerprint density at radius 2 is 1.69 bits per heavy atom. The van der Waals surface area contributed by atoms with E-state index in [-0.39, 0.29) is 5.78 Å². The number of hydrogen-bond acceptors (Lipinski definition) is 3. The monoisotopic (exact) mass is 431 g/mol. The van der Waals surface area contributed by atoms with Crippen molar-refractivity contribution >= 4 is 11.8 Å². The number of ether oxygens (including phenoxy) is 1. The lowest BCUT2D eigenvalue weighted by molar-refractivity contribution is -0.181. The Kier molecular flexibility index (Phi) is 6.56. The Morgan fingerprint density at radius 3 is 2.31 bits per heavy atom. The van der Waals surface area contributed by atoms with Gasteiger partial charge in [0.1, 0.15) is 0 Å². The number of aryl methyl sites for hydroxylation is 3. The number of aromatic nitrogens is 1. The van der Waals surface area contributed by atoms with Crippen molar-refractivity contribution in [3.63, 3.8) is 0 Å². The van der Waals surface area contributed by atoms with E-state index >= 15 is 0 Å². The van der Waals surface area contributed by atoms with E-state index in [9.17, 15) is 14.7 Å². The molecular formula is C27H29NO4. The summed E-state index contributed by atoms with van der Waals surface area (Å²) in [7, 11) is 0. The second kappa shape index (κ2) is 9.53. The van der Waals surface area contributed by atoms with Crippen molar-refractivity contribution in [3.8, 4) is 0 Å². The van der Waals surface area contributed by atoms with Crippen molar-refractivity contribution in [2.45, 2.75) is 57.8 Å². The molecule has 0 unspecified atom stereocenters. The summed E-state index contributed by atoms with van der Waals surface area (Å²) in [6.45, 7) is 3.10. The quantitative estimate of drug-likeness (QED) is 0.449. The highest BCUT2D eigenvalue weighted by atomic mass is 16.5. The van der Waals surface area contributed by atoms with Crippen LogP contribution in [0.3, 0.4) is 0 Å². The number of ketones is 1. The molecule has 2 aromatic carbocycles. The molecule has 0 bridgehead atoms. The highest BCUT2D eigenvalue weighted by Gasteiger charge is 2.45. The van der Waals surface area contributed by atoms with Crippen LogP contribution in [0.5, 0.6) is 0 Å². The van der Waals surface area contributed by atoms with Gasteiger partial charge in [0.25, 0.3) is 0 Å². The Hall–Kier alpha value is -3.18. The van der Waals surface area contributed by atoms with Crippen molar-refractivity contribution in [1.29, 1.82) is 0 Å². The summed E-state index contributed by atoms with van der Waals surface area (Å²) >= 11 is 0. The number of benzene rings is 2. The third-order valence-electron chi connectivity index (χ3n) is 6.33. The number of carbonyl (C=O) groups excluding carboxylic acids is 1. The number of carboxylic acids is 1. The normalized spacial score (nSPS) is 14.7. The highest BCUT2D eigenvalue weighted by Crippen LogP contribution is 2.36. The Bertz CT molecular complexity index is 1080. The molecule has 3 aromatic rings. The fraction of sp³-hybridized carbons (Fsp3) is 0.333. The second-order valence-corrected chi connectivity index (χ2v) is 8.64. The van der Waals surface area contributed by atoms with Crippen LogP contribution in [0.1, 0.15) is 58.4 Å². The fourth-order valence-electron chi connectivity index (χ4n) is 4.06. The minimum atomic E-state index is -0.983. The zero-order valence-corrected chi connectivity index (χ0v) is 18.4. The van der Waals surface area contributed by atoms with Crippen molar-refractivity contribution in [2.24, 2.45) is 0 Å². The molecule has 0 radical (unpaired) electrons. The average Bonchev–Trinajstić information content (AvgIpc) is 3.22. The van der Waals surface area contributed by atoms with Crippen LogP contribution in [0.25, 0.3) is 0 Å². The van der Waals surface area contributed by atoms with Gasteiger partial charge >= 0.3 is 5.97 Å². The molecule has 32 heavy (non-hydrogen) atoms. The number of aliphatic carboxylic acids is 1. The molecule has 1 fully saturated rings. The number of nitrogens with zero attached hydrogens (tertiary/aromatic N) is 1. The SMILES string of the molecule is Cc1ccc(C(=O)c2cccn2CCCc2ccc(COC3(C(=O)O)CCC3)cc2)cc1. The first-order chi connectivity index (χ1) is 15.5. The molecule has 1 heterocycles. The van der Waals surface area contributed by atoms with Crippen molar-refractivity contribution < 1.29 is 19.4 Å². The average molecular weight is 432 g/mol. The third-order valence-corrected chi connectivity index (χ3v) is 6.33. The van der Waals surface area contributed by atoms with Gasteiger partial charge in [0.2, 0.25) is 5.78 Å². The van der Waals surface area contributed by atoms with Crippen LogP contribution in [0.4, 0.5) is 0 Å². The van der Waals surface area contributed by atoms with Crippen molar-refractivity contribution in [3.05, 3.63) is 94.8 Å². The van der Waals surface area contributed by atoms with Crippen molar-refractivity contribution in [2.75, 3.05) is 0 Å². The van der Waals surface area contributed by atoms with E-state index in [1.165, 1.54) is 5.56 Å². The molecule has 1 aromatic heterocycles. The smallest absolute Gasteiger partial charge is 0.335 e. The Morgan fingerprint density at radius 1 is 1.00 bits per heavy atom. The standard InChI is InChI=1S/C27H29NO4/c1-20-7-13-23(14-8-20)25(29)24-6-3-18-28(24)17-2-5-21-9-11-22(12-10-21)19-32-27(26(30)31)15-4-16-27/h3,6-14,18H,2,4-5,15-17,19H2,1H3,(H,30,31). The second-order valence-electron chi connectivity index (χ2n) is 8.64. The van der Waals surface area contributed by atoms with E-state index in [1.54, 1.807) is 0 Å². The van der Waals surface area contributed by atoms with Gasteiger partial charge in [-0.3, -0.25) is 4.79 Å². The first kappa shape index (κ1) is 22.0. The number of rotatable bonds is 10. The molecule has 0 aliphatic heterocycles. The van der Waals surface area contributed by atoms with Crippen LogP contribution in [0.2, 0.25) is 0 Å². The summed E-state index contributed by atoms with van der Waals surface area (Å²) in [6.07, 6.45) is 5.87. The van der Waals surface area contributed by atoms with Gasteiger partial charge in [0.05, 0.1) is 12.3 Å². The summed E-state index contributed by atoms with van der Waals surface area (Å²) < 4.78 is 7.75. The molecule has 1 aliphatic rings. The van der Waals surface area contributed by atoms with Crippen LogP contribution < -0.4 is 0 Å². The summed E-state index contributed by atoms with van der Waals surface area (Å²) in [6, 6.07) is 19.6. The lowest BCUT2D eigenvalue weighted by Gasteiger charge is -2.37. The maximum absolute atomic E-state index is 12.8. The number of hydrogen-bond donors (Lipinski definition) is 1. The molecule has 0 amide bonds. The lowest BCUT2D eigenvalue weighted by Crippen LogP contribution is -2.47.